The number of hydrogen-bond acceptors (Lipinski definition) is 6. The quantitative estimate of drug-likeness (QED) is 0.781. The number of aromatic amines is 1. The van der Waals surface area contributed by atoms with Crippen molar-refractivity contribution < 1.29 is 18.9 Å². The second kappa shape index (κ2) is 6.01. The van der Waals surface area contributed by atoms with Gasteiger partial charge >= 0.3 is 11.8 Å². The summed E-state index contributed by atoms with van der Waals surface area (Å²) in [4.78, 5) is 24.6. The molecule has 1 aliphatic rings. The Morgan fingerprint density at radius 1 is 1.55 bits per heavy atom. The van der Waals surface area contributed by atoms with E-state index in [1.54, 1.807) is 0 Å². The number of nitrogens with zero attached hydrogens (tertiary/aromatic N) is 1. The normalized spacial score (nSPS) is 26.9. The van der Waals surface area contributed by atoms with E-state index < -0.39 is 35.8 Å². The molecule has 0 amide bonds. The highest BCUT2D eigenvalue weighted by Crippen LogP contribution is 2.57. The Balaban J connectivity index is 2.08. The van der Waals surface area contributed by atoms with Crippen molar-refractivity contribution >= 4 is 28.6 Å². The molecule has 1 aliphatic heterocycles. The first-order valence-corrected chi connectivity index (χ1v) is 8.98. The Morgan fingerprint density at radius 2 is 2.25 bits per heavy atom. The minimum Gasteiger partial charge on any atom is -0.390 e. The Labute approximate surface area is 122 Å². The summed E-state index contributed by atoms with van der Waals surface area (Å²) in [7, 11) is 0. The number of aliphatic hydroxyl groups is 1. The molecule has 0 aromatic carbocycles. The van der Waals surface area contributed by atoms with E-state index >= 15 is 0 Å². The van der Waals surface area contributed by atoms with Gasteiger partial charge in [-0.3, -0.25) is 18.9 Å². The standard InChI is InChI=1S/C9H11Cl2N2O6P/c10-20(11,17)18-4-6-5(14)3-8(19-6)13-2-1-7(15)12-9(13)16/h1-2,5-6,8,14H,3-4H2,(H,12,15,16). The van der Waals surface area contributed by atoms with Gasteiger partial charge in [0.2, 0.25) is 0 Å². The lowest BCUT2D eigenvalue weighted by Crippen LogP contribution is -2.31. The van der Waals surface area contributed by atoms with Crippen LogP contribution in [0.1, 0.15) is 12.6 Å². The predicted molar refractivity (Wildman–Crippen MR) is 71.1 cm³/mol. The van der Waals surface area contributed by atoms with E-state index in [1.807, 2.05) is 0 Å². The van der Waals surface area contributed by atoms with Crippen molar-refractivity contribution in [1.82, 2.24) is 9.55 Å². The SMILES string of the molecule is O=c1ccn(C2CC(O)C(COP(=O)(Cl)Cl)O2)c(=O)[nH]1. The fourth-order valence-electron chi connectivity index (χ4n) is 1.85. The number of nitrogens with one attached hydrogen (secondary N) is 1. The van der Waals surface area contributed by atoms with Crippen LogP contribution in [0.3, 0.4) is 0 Å². The van der Waals surface area contributed by atoms with Crippen molar-refractivity contribution in [2.75, 3.05) is 6.61 Å². The lowest BCUT2D eigenvalue weighted by molar-refractivity contribution is -0.0396. The minimum absolute atomic E-state index is 0.106. The van der Waals surface area contributed by atoms with Crippen LogP contribution in [0.25, 0.3) is 0 Å². The third kappa shape index (κ3) is 3.94. The van der Waals surface area contributed by atoms with Gasteiger partial charge in [-0.05, 0) is 22.5 Å². The second-order valence-corrected chi connectivity index (χ2v) is 8.44. The van der Waals surface area contributed by atoms with E-state index in [0.29, 0.717) is 0 Å². The molecule has 8 nitrogen and oxygen atoms in total. The topological polar surface area (TPSA) is 111 Å². The maximum absolute atomic E-state index is 11.6. The smallest absolute Gasteiger partial charge is 0.380 e. The maximum Gasteiger partial charge on any atom is 0.380 e. The molecule has 3 atom stereocenters. The van der Waals surface area contributed by atoms with Crippen LogP contribution in [0.5, 0.6) is 0 Å². The highest BCUT2D eigenvalue weighted by Gasteiger charge is 2.36. The zero-order valence-electron chi connectivity index (χ0n) is 9.94. The summed E-state index contributed by atoms with van der Waals surface area (Å²) < 4.78 is 22.2. The van der Waals surface area contributed by atoms with Gasteiger partial charge in [0.25, 0.3) is 5.56 Å². The van der Waals surface area contributed by atoms with E-state index in [-0.39, 0.29) is 13.0 Å². The van der Waals surface area contributed by atoms with E-state index in [0.717, 1.165) is 10.6 Å². The molecule has 1 saturated heterocycles. The highest BCUT2D eigenvalue weighted by atomic mass is 35.9. The van der Waals surface area contributed by atoms with Gasteiger partial charge in [-0.2, -0.15) is 0 Å². The Bertz CT molecular complexity index is 640. The van der Waals surface area contributed by atoms with Crippen LogP contribution < -0.4 is 11.2 Å². The van der Waals surface area contributed by atoms with Gasteiger partial charge in [0.1, 0.15) is 12.3 Å². The Morgan fingerprint density at radius 3 is 2.85 bits per heavy atom. The third-order valence-corrected chi connectivity index (χ3v) is 3.79. The van der Waals surface area contributed by atoms with E-state index in [4.69, 9.17) is 27.2 Å². The minimum atomic E-state index is -3.72. The summed E-state index contributed by atoms with van der Waals surface area (Å²) in [5, 5.41) is 9.79. The molecule has 1 aromatic heterocycles. The molecule has 0 radical (unpaired) electrons. The first-order valence-electron chi connectivity index (χ1n) is 5.55. The fraction of sp³-hybridized carbons (Fsp3) is 0.556. The largest absolute Gasteiger partial charge is 0.390 e. The summed E-state index contributed by atoms with van der Waals surface area (Å²) in [6.07, 6.45) is -4.89. The van der Waals surface area contributed by atoms with Crippen LogP contribution in [0, 0.1) is 0 Å². The van der Waals surface area contributed by atoms with Gasteiger partial charge in [0.05, 0.1) is 12.7 Å². The molecule has 0 aliphatic carbocycles. The molecule has 11 heteroatoms. The van der Waals surface area contributed by atoms with Crippen molar-refractivity contribution in [3.8, 4) is 0 Å². The summed E-state index contributed by atoms with van der Waals surface area (Å²) >= 11 is 10.4. The van der Waals surface area contributed by atoms with Crippen LogP contribution in [0.4, 0.5) is 0 Å². The number of rotatable bonds is 4. The number of ether oxygens (including phenoxy) is 1. The van der Waals surface area contributed by atoms with Crippen molar-refractivity contribution in [3.63, 3.8) is 0 Å². The molecule has 0 spiro atoms. The predicted octanol–water partition coefficient (Wildman–Crippen LogP) is 0.787. The number of hydrogen-bond donors (Lipinski definition) is 2. The first-order chi connectivity index (χ1) is 9.26. The molecule has 0 bridgehead atoms. The van der Waals surface area contributed by atoms with Gasteiger partial charge in [-0.25, -0.2) is 4.79 Å². The first kappa shape index (κ1) is 15.8. The van der Waals surface area contributed by atoms with Crippen LogP contribution in [0.15, 0.2) is 21.9 Å². The number of aromatic nitrogens is 2. The monoisotopic (exact) mass is 344 g/mol. The van der Waals surface area contributed by atoms with Crippen molar-refractivity contribution in [3.05, 3.63) is 33.1 Å². The van der Waals surface area contributed by atoms with Crippen molar-refractivity contribution in [1.29, 1.82) is 0 Å². The van der Waals surface area contributed by atoms with Gasteiger partial charge in [-0.15, -0.1) is 0 Å². The summed E-state index contributed by atoms with van der Waals surface area (Å²) in [5.41, 5.74) is -1.19. The van der Waals surface area contributed by atoms with Crippen molar-refractivity contribution in [2.45, 2.75) is 24.9 Å². The Hall–Kier alpha value is -0.630. The molecular weight excluding hydrogens is 334 g/mol. The van der Waals surface area contributed by atoms with Gasteiger partial charge in [0.15, 0.2) is 0 Å². The molecular formula is C9H11Cl2N2O6P. The lowest BCUT2D eigenvalue weighted by Gasteiger charge is -2.16. The zero-order chi connectivity index (χ0) is 14.9. The van der Waals surface area contributed by atoms with Crippen LogP contribution >= 0.6 is 28.6 Å². The average Bonchev–Trinajstić information content (AvgIpc) is 2.67. The molecule has 112 valence electrons. The number of H-pyrrole nitrogens is 1. The molecule has 1 fully saturated rings. The summed E-state index contributed by atoms with van der Waals surface area (Å²) in [6, 6.07) is 1.16. The fourth-order valence-corrected chi connectivity index (χ4v) is 2.51. The summed E-state index contributed by atoms with van der Waals surface area (Å²) in [5.74, 6) is 0. The van der Waals surface area contributed by atoms with Crippen LogP contribution in [-0.2, 0) is 13.8 Å². The molecule has 1 aromatic rings. The van der Waals surface area contributed by atoms with E-state index in [9.17, 15) is 19.3 Å². The van der Waals surface area contributed by atoms with Gasteiger partial charge in [-0.1, -0.05) is 0 Å². The van der Waals surface area contributed by atoms with Crippen LogP contribution in [-0.4, -0.2) is 33.5 Å². The summed E-state index contributed by atoms with van der Waals surface area (Å²) in [6.45, 7) is -0.278. The number of aliphatic hydroxyl groups excluding tert-OH is 1. The molecule has 3 unspecified atom stereocenters. The van der Waals surface area contributed by atoms with Gasteiger partial charge in [0, 0.05) is 18.7 Å². The van der Waals surface area contributed by atoms with Crippen LogP contribution in [0.2, 0.25) is 0 Å². The van der Waals surface area contributed by atoms with E-state index in [2.05, 4.69) is 9.51 Å². The zero-order valence-corrected chi connectivity index (χ0v) is 12.3. The van der Waals surface area contributed by atoms with Crippen molar-refractivity contribution in [2.24, 2.45) is 0 Å². The third-order valence-electron chi connectivity index (χ3n) is 2.75. The second-order valence-electron chi connectivity index (χ2n) is 4.16. The maximum atomic E-state index is 11.6. The number of halogens is 2. The molecule has 2 heterocycles. The van der Waals surface area contributed by atoms with Gasteiger partial charge < -0.3 is 14.4 Å². The Kier molecular flexibility index (Phi) is 4.73. The molecule has 0 saturated carbocycles. The molecule has 20 heavy (non-hydrogen) atoms. The highest BCUT2D eigenvalue weighted by molar-refractivity contribution is 8.05. The lowest BCUT2D eigenvalue weighted by atomic mass is 10.2. The average molecular weight is 345 g/mol. The molecule has 2 N–H and O–H groups in total. The molecule has 2 rings (SSSR count). The van der Waals surface area contributed by atoms with E-state index in [1.165, 1.54) is 6.20 Å².